The Labute approximate surface area is 233 Å². The molecule has 0 saturated heterocycles. The van der Waals surface area contributed by atoms with E-state index < -0.39 is 0 Å². The SMILES string of the molecule is C1=CC2C3C4=C5C6=C7C8=C9C%10C%11=C7C7%12C(=C%11C=CC%10C%10CCC%11C%13CCC2C2C3=C6C8C(C%132)C%11C9%10)C7C2C(=C14)C52%12. The predicted octanol–water partition coefficient (Wildman–Crippen LogP) is 6.81. The number of allylic oxidation sites excluding steroid dienone is 18. The van der Waals surface area contributed by atoms with Crippen molar-refractivity contribution in [1.82, 2.24) is 0 Å². The van der Waals surface area contributed by atoms with Crippen molar-refractivity contribution >= 4 is 0 Å². The molecule has 2 spiro atoms. The van der Waals surface area contributed by atoms with Gasteiger partial charge in [-0.3, -0.25) is 0 Å². The lowest BCUT2D eigenvalue weighted by atomic mass is 9.51. The van der Waals surface area contributed by atoms with Crippen LogP contribution >= 0.6 is 0 Å². The summed E-state index contributed by atoms with van der Waals surface area (Å²) in [5.41, 5.74) is 28.8. The first-order chi connectivity index (χ1) is 19.9. The van der Waals surface area contributed by atoms with Crippen LogP contribution in [0.4, 0.5) is 0 Å². The van der Waals surface area contributed by atoms with Crippen LogP contribution in [0.2, 0.25) is 0 Å². The summed E-state index contributed by atoms with van der Waals surface area (Å²) in [4.78, 5) is 0. The normalized spacial score (nSPS) is 69.4. The molecule has 18 rings (SSSR count). The Balaban J connectivity index is 1.15. The van der Waals surface area contributed by atoms with Crippen molar-refractivity contribution in [1.29, 1.82) is 0 Å². The fourth-order valence-electron chi connectivity index (χ4n) is 19.8. The van der Waals surface area contributed by atoms with E-state index in [-0.39, 0.29) is 0 Å². The molecule has 0 nitrogen and oxygen atoms in total. The lowest BCUT2D eigenvalue weighted by molar-refractivity contribution is 0.0646. The molecular formula is C40H28. The Kier molecular flexibility index (Phi) is 1.70. The van der Waals surface area contributed by atoms with Gasteiger partial charge in [0, 0.05) is 40.4 Å². The first-order valence-electron chi connectivity index (χ1n) is 17.5. The molecular weight excluding hydrogens is 480 g/mol. The van der Waals surface area contributed by atoms with E-state index in [1.54, 1.807) is 25.7 Å². The number of rotatable bonds is 0. The van der Waals surface area contributed by atoms with E-state index in [4.69, 9.17) is 0 Å². The molecule has 8 saturated carbocycles. The molecule has 0 bridgehead atoms. The number of fused-ring (bicyclic) bond motifs is 6. The summed E-state index contributed by atoms with van der Waals surface area (Å²) >= 11 is 0. The van der Waals surface area contributed by atoms with Gasteiger partial charge in [0.25, 0.3) is 0 Å². The summed E-state index contributed by atoms with van der Waals surface area (Å²) in [6.45, 7) is 0. The minimum atomic E-state index is 0.453. The first-order valence-corrected chi connectivity index (χ1v) is 17.5. The van der Waals surface area contributed by atoms with Gasteiger partial charge in [-0.25, -0.2) is 0 Å². The lowest BCUT2D eigenvalue weighted by Crippen LogP contribution is -2.46. The molecule has 18 aliphatic rings. The average Bonchev–Trinajstić information content (AvgIpc) is 3.36. The maximum Gasteiger partial charge on any atom is 0.0396 e. The van der Waals surface area contributed by atoms with Gasteiger partial charge in [0.05, 0.1) is 0 Å². The minimum Gasteiger partial charge on any atom is -0.0796 e. The van der Waals surface area contributed by atoms with E-state index in [1.165, 1.54) is 0 Å². The Bertz CT molecular complexity index is 1970. The summed E-state index contributed by atoms with van der Waals surface area (Å²) < 4.78 is 0. The molecule has 0 radical (unpaired) electrons. The molecule has 188 valence electrons. The van der Waals surface area contributed by atoms with Gasteiger partial charge in [-0.15, -0.1) is 0 Å². The van der Waals surface area contributed by atoms with E-state index in [0.29, 0.717) is 10.8 Å². The monoisotopic (exact) mass is 508 g/mol. The van der Waals surface area contributed by atoms with Crippen LogP contribution in [0.25, 0.3) is 0 Å². The van der Waals surface area contributed by atoms with E-state index in [0.717, 1.165) is 94.7 Å². The predicted molar refractivity (Wildman–Crippen MR) is 147 cm³/mol. The topological polar surface area (TPSA) is 0 Å². The summed E-state index contributed by atoms with van der Waals surface area (Å²) in [5, 5.41) is 0. The maximum atomic E-state index is 2.84. The molecule has 40 heavy (non-hydrogen) atoms. The van der Waals surface area contributed by atoms with Crippen LogP contribution < -0.4 is 0 Å². The van der Waals surface area contributed by atoms with Crippen molar-refractivity contribution in [2.45, 2.75) is 25.7 Å². The molecule has 0 heteroatoms. The summed E-state index contributed by atoms with van der Waals surface area (Å²) in [6.07, 6.45) is 17.5. The molecule has 0 aromatic rings. The van der Waals surface area contributed by atoms with Crippen molar-refractivity contribution in [3.8, 4) is 0 Å². The van der Waals surface area contributed by atoms with Crippen LogP contribution in [-0.2, 0) is 0 Å². The molecule has 16 atom stereocenters. The highest BCUT2D eigenvalue weighted by atomic mass is 15.0. The van der Waals surface area contributed by atoms with Gasteiger partial charge in [0.1, 0.15) is 0 Å². The fourth-order valence-corrected chi connectivity index (χ4v) is 19.8. The summed E-state index contributed by atoms with van der Waals surface area (Å²) in [6, 6.07) is 0. The van der Waals surface area contributed by atoms with Gasteiger partial charge in [0.2, 0.25) is 0 Å². The third-order valence-electron chi connectivity index (χ3n) is 19.2. The lowest BCUT2D eigenvalue weighted by Gasteiger charge is -2.52. The van der Waals surface area contributed by atoms with Crippen LogP contribution in [0.3, 0.4) is 0 Å². The zero-order valence-electron chi connectivity index (χ0n) is 22.4. The molecule has 0 aromatic heterocycles. The Hall–Kier alpha value is -2.34. The van der Waals surface area contributed by atoms with E-state index in [2.05, 4.69) is 46.6 Å². The maximum absolute atomic E-state index is 2.84. The highest BCUT2D eigenvalue weighted by Crippen LogP contribution is 3.08. The molecule has 0 N–H and O–H groups in total. The van der Waals surface area contributed by atoms with Crippen LogP contribution in [-0.4, -0.2) is 0 Å². The van der Waals surface area contributed by atoms with Gasteiger partial charge in [0.15, 0.2) is 0 Å². The van der Waals surface area contributed by atoms with Gasteiger partial charge in [-0.1, -0.05) is 35.5 Å². The average molecular weight is 509 g/mol. The number of hydrogen-bond donors (Lipinski definition) is 0. The van der Waals surface area contributed by atoms with Crippen molar-refractivity contribution in [3.05, 3.63) is 102 Å². The van der Waals surface area contributed by atoms with Crippen molar-refractivity contribution in [2.24, 2.45) is 106 Å². The van der Waals surface area contributed by atoms with E-state index in [9.17, 15) is 0 Å². The molecule has 0 amide bonds. The van der Waals surface area contributed by atoms with Gasteiger partial charge in [-0.2, -0.15) is 0 Å². The zero-order valence-corrected chi connectivity index (χ0v) is 22.4. The van der Waals surface area contributed by atoms with Gasteiger partial charge in [-0.05, 0) is 158 Å². The molecule has 0 heterocycles. The van der Waals surface area contributed by atoms with Crippen LogP contribution in [0.15, 0.2) is 102 Å². The molecule has 0 aromatic carbocycles. The quantitative estimate of drug-likeness (QED) is 0.337. The van der Waals surface area contributed by atoms with Crippen molar-refractivity contribution in [3.63, 3.8) is 0 Å². The summed E-state index contributed by atoms with van der Waals surface area (Å²) in [5.74, 6) is 14.9. The second-order valence-corrected chi connectivity index (χ2v) is 18.2. The molecule has 8 fully saturated rings. The Morgan fingerprint density at radius 1 is 0.525 bits per heavy atom. The van der Waals surface area contributed by atoms with Crippen molar-refractivity contribution in [2.75, 3.05) is 0 Å². The standard InChI is InChI=1S/C40H28/c1-3-11-13-5-7-15-23-21(13)26-19(11)17-9(1)10-2-4-12-14-6-8-16-24-22(14)27-20(12)18(10)25(17)28-29(26)31-32(30(27)28)36(24)40-34(16)38(40)37-33(15)39(37,40)35(23)31/h5-14,17-22,25,28,37-38H,1-4H2. The van der Waals surface area contributed by atoms with Crippen LogP contribution in [0.1, 0.15) is 25.7 Å². The third kappa shape index (κ3) is 0.965. The fraction of sp³-hybridized carbons (Fsp3) is 0.550. The molecule has 0 aliphatic heterocycles. The minimum absolute atomic E-state index is 0.453. The van der Waals surface area contributed by atoms with E-state index in [1.807, 2.05) is 55.7 Å². The Morgan fingerprint density at radius 2 is 1.02 bits per heavy atom. The zero-order chi connectivity index (χ0) is 24.0. The largest absolute Gasteiger partial charge is 0.0796 e. The third-order valence-corrected chi connectivity index (χ3v) is 19.2. The highest BCUT2D eigenvalue weighted by Gasteiger charge is 3.02. The number of hydrogen-bond acceptors (Lipinski definition) is 0. The molecule has 18 aliphatic carbocycles. The second kappa shape index (κ2) is 4.02. The van der Waals surface area contributed by atoms with Crippen LogP contribution in [0.5, 0.6) is 0 Å². The van der Waals surface area contributed by atoms with Crippen LogP contribution in [0, 0.1) is 106 Å². The van der Waals surface area contributed by atoms with Crippen molar-refractivity contribution < 1.29 is 0 Å². The van der Waals surface area contributed by atoms with E-state index >= 15 is 0 Å². The first kappa shape index (κ1) is 16.9. The highest BCUT2D eigenvalue weighted by molar-refractivity contribution is 6.02. The smallest absolute Gasteiger partial charge is 0.0396 e. The second-order valence-electron chi connectivity index (χ2n) is 18.2. The molecule has 16 unspecified atom stereocenters. The Morgan fingerprint density at radius 3 is 1.55 bits per heavy atom. The van der Waals surface area contributed by atoms with Gasteiger partial charge < -0.3 is 0 Å². The van der Waals surface area contributed by atoms with Gasteiger partial charge >= 0.3 is 0 Å². The summed E-state index contributed by atoms with van der Waals surface area (Å²) in [7, 11) is 0.